The number of benzene rings is 1. The van der Waals surface area contributed by atoms with Crippen LogP contribution in [0.4, 0.5) is 15.9 Å². The molecule has 0 aliphatic rings. The van der Waals surface area contributed by atoms with Gasteiger partial charge in [-0.25, -0.2) is 9.18 Å². The number of halogens is 1. The Morgan fingerprint density at radius 1 is 1.17 bits per heavy atom. The summed E-state index contributed by atoms with van der Waals surface area (Å²) >= 11 is 0. The number of aromatic nitrogens is 2. The van der Waals surface area contributed by atoms with E-state index in [2.05, 4.69) is 0 Å². The zero-order valence-corrected chi connectivity index (χ0v) is 13.0. The molecule has 0 unspecified atom stereocenters. The van der Waals surface area contributed by atoms with Crippen LogP contribution in [0, 0.1) is 5.82 Å². The fourth-order valence-electron chi connectivity index (χ4n) is 2.20. The van der Waals surface area contributed by atoms with Gasteiger partial charge in [0.2, 0.25) is 0 Å². The van der Waals surface area contributed by atoms with Gasteiger partial charge in [0, 0.05) is 26.8 Å². The predicted molar refractivity (Wildman–Crippen MR) is 85.3 cm³/mol. The van der Waals surface area contributed by atoms with E-state index in [4.69, 9.17) is 5.73 Å². The first-order valence-corrected chi connectivity index (χ1v) is 6.79. The third-order valence-corrected chi connectivity index (χ3v) is 3.64. The van der Waals surface area contributed by atoms with Gasteiger partial charge in [0.05, 0.1) is 6.54 Å². The summed E-state index contributed by atoms with van der Waals surface area (Å²) in [6, 6.07) is 5.58. The summed E-state index contributed by atoms with van der Waals surface area (Å²) < 4.78 is 14.8. The van der Waals surface area contributed by atoms with Gasteiger partial charge in [-0.2, -0.15) is 0 Å². The molecule has 7 nitrogen and oxygen atoms in total. The predicted octanol–water partition coefficient (Wildman–Crippen LogP) is 0.124. The molecule has 1 aromatic carbocycles. The topological polar surface area (TPSA) is 90.3 Å². The van der Waals surface area contributed by atoms with Crippen molar-refractivity contribution in [1.29, 1.82) is 0 Å². The molecule has 8 heteroatoms. The Morgan fingerprint density at radius 3 is 2.30 bits per heavy atom. The van der Waals surface area contributed by atoms with E-state index < -0.39 is 17.0 Å². The van der Waals surface area contributed by atoms with Crippen molar-refractivity contribution in [3.8, 4) is 0 Å². The molecular weight excluding hydrogens is 303 g/mol. The molecule has 1 aromatic heterocycles. The molecule has 0 fully saturated rings. The van der Waals surface area contributed by atoms with Crippen molar-refractivity contribution in [2.45, 2.75) is 0 Å². The molecule has 2 aromatic rings. The third kappa shape index (κ3) is 3.01. The maximum Gasteiger partial charge on any atom is 0.332 e. The van der Waals surface area contributed by atoms with Gasteiger partial charge in [-0.15, -0.1) is 0 Å². The minimum absolute atomic E-state index is 0.136. The lowest BCUT2D eigenvalue weighted by Crippen LogP contribution is -2.43. The van der Waals surface area contributed by atoms with Crippen molar-refractivity contribution in [1.82, 2.24) is 9.13 Å². The molecule has 0 aliphatic heterocycles. The van der Waals surface area contributed by atoms with Crippen LogP contribution >= 0.6 is 0 Å². The van der Waals surface area contributed by atoms with Crippen LogP contribution < -0.4 is 21.9 Å². The molecule has 2 rings (SSSR count). The highest BCUT2D eigenvalue weighted by Gasteiger charge is 2.21. The van der Waals surface area contributed by atoms with E-state index in [0.29, 0.717) is 5.69 Å². The molecule has 0 saturated heterocycles. The number of carbonyl (C=O) groups excluding carboxylic acids is 1. The number of rotatable bonds is 4. The Hall–Kier alpha value is -2.90. The van der Waals surface area contributed by atoms with Crippen LogP contribution in [0.1, 0.15) is 10.4 Å². The standard InChI is InChI=1S/C15H17FN4O3/c1-18(10-6-4-9(16)5-7-10)8-11(21)12-13(17)19(2)15(23)20(3)14(12)22/h4-7H,8,17H2,1-3H3. The minimum Gasteiger partial charge on any atom is -0.384 e. The summed E-state index contributed by atoms with van der Waals surface area (Å²) in [5.41, 5.74) is 4.79. The molecule has 0 aliphatic carbocycles. The lowest BCUT2D eigenvalue weighted by Gasteiger charge is -2.19. The van der Waals surface area contributed by atoms with Crippen molar-refractivity contribution in [2.75, 3.05) is 24.2 Å². The fraction of sp³-hybridized carbons (Fsp3) is 0.267. The second-order valence-corrected chi connectivity index (χ2v) is 5.22. The highest BCUT2D eigenvalue weighted by Crippen LogP contribution is 2.14. The van der Waals surface area contributed by atoms with Crippen LogP contribution in [0.25, 0.3) is 0 Å². The first kappa shape index (κ1) is 16.5. The molecule has 23 heavy (non-hydrogen) atoms. The van der Waals surface area contributed by atoms with Crippen LogP contribution in [-0.2, 0) is 14.1 Å². The van der Waals surface area contributed by atoms with Crippen molar-refractivity contribution < 1.29 is 9.18 Å². The van der Waals surface area contributed by atoms with Crippen LogP contribution in [0.15, 0.2) is 33.9 Å². The largest absolute Gasteiger partial charge is 0.384 e. The van der Waals surface area contributed by atoms with Gasteiger partial charge < -0.3 is 10.6 Å². The molecular formula is C15H17FN4O3. The number of hydrogen-bond acceptors (Lipinski definition) is 5. The highest BCUT2D eigenvalue weighted by atomic mass is 19.1. The molecule has 0 amide bonds. The van der Waals surface area contributed by atoms with E-state index in [9.17, 15) is 18.8 Å². The quantitative estimate of drug-likeness (QED) is 0.808. The number of nitrogens with two attached hydrogens (primary N) is 1. The lowest BCUT2D eigenvalue weighted by molar-refractivity contribution is 0.0998. The van der Waals surface area contributed by atoms with Crippen LogP contribution in [-0.4, -0.2) is 28.5 Å². The summed E-state index contributed by atoms with van der Waals surface area (Å²) in [5, 5.41) is 0. The second kappa shape index (κ2) is 6.07. The molecule has 0 atom stereocenters. The van der Waals surface area contributed by atoms with Gasteiger partial charge in [0.15, 0.2) is 5.78 Å². The Bertz CT molecular complexity index is 868. The summed E-state index contributed by atoms with van der Waals surface area (Å²) in [6.07, 6.45) is 0. The Morgan fingerprint density at radius 2 is 1.74 bits per heavy atom. The van der Waals surface area contributed by atoms with E-state index >= 15 is 0 Å². The van der Waals surface area contributed by atoms with E-state index in [1.807, 2.05) is 0 Å². The molecule has 0 spiro atoms. The lowest BCUT2D eigenvalue weighted by atomic mass is 10.1. The Labute approximate surface area is 131 Å². The number of anilines is 2. The monoisotopic (exact) mass is 320 g/mol. The maximum atomic E-state index is 12.9. The first-order chi connectivity index (χ1) is 10.7. The number of hydrogen-bond donors (Lipinski definition) is 1. The second-order valence-electron chi connectivity index (χ2n) is 5.22. The minimum atomic E-state index is -0.733. The summed E-state index contributed by atoms with van der Waals surface area (Å²) in [7, 11) is 4.30. The number of nitrogens with zero attached hydrogens (tertiary/aromatic N) is 3. The first-order valence-electron chi connectivity index (χ1n) is 6.79. The molecule has 0 radical (unpaired) electrons. The third-order valence-electron chi connectivity index (χ3n) is 3.64. The highest BCUT2D eigenvalue weighted by molar-refractivity contribution is 6.02. The molecule has 0 bridgehead atoms. The SMILES string of the molecule is CN(CC(=O)c1c(N)n(C)c(=O)n(C)c1=O)c1ccc(F)cc1. The van der Waals surface area contributed by atoms with E-state index in [0.717, 1.165) is 9.13 Å². The van der Waals surface area contributed by atoms with Gasteiger partial charge in [-0.3, -0.25) is 18.7 Å². The smallest absolute Gasteiger partial charge is 0.332 e. The Kier molecular flexibility index (Phi) is 4.35. The van der Waals surface area contributed by atoms with Gasteiger partial charge >= 0.3 is 5.69 Å². The van der Waals surface area contributed by atoms with E-state index in [1.165, 1.54) is 38.4 Å². The van der Waals surface area contributed by atoms with Gasteiger partial charge in [0.25, 0.3) is 5.56 Å². The number of ketones is 1. The number of Topliss-reactive ketones (excluding diaryl/α,β-unsaturated/α-hetero) is 1. The Balaban J connectivity index is 2.37. The molecule has 1 heterocycles. The maximum absolute atomic E-state index is 12.9. The molecule has 2 N–H and O–H groups in total. The normalized spacial score (nSPS) is 10.6. The van der Waals surface area contributed by atoms with Gasteiger partial charge in [-0.1, -0.05) is 0 Å². The number of likely N-dealkylation sites (N-methyl/N-ethyl adjacent to an activating group) is 1. The van der Waals surface area contributed by atoms with Crippen molar-refractivity contribution in [2.24, 2.45) is 14.1 Å². The average molecular weight is 320 g/mol. The van der Waals surface area contributed by atoms with Crippen LogP contribution in [0.2, 0.25) is 0 Å². The van der Waals surface area contributed by atoms with Crippen LogP contribution in [0.5, 0.6) is 0 Å². The van der Waals surface area contributed by atoms with Crippen LogP contribution in [0.3, 0.4) is 0 Å². The molecule has 0 saturated carbocycles. The van der Waals surface area contributed by atoms with Gasteiger partial charge in [0.1, 0.15) is 17.2 Å². The molecule has 122 valence electrons. The summed E-state index contributed by atoms with van der Waals surface area (Å²) in [6.45, 7) is -0.136. The zero-order chi connectivity index (χ0) is 17.3. The van der Waals surface area contributed by atoms with Crippen molar-refractivity contribution in [3.63, 3.8) is 0 Å². The van der Waals surface area contributed by atoms with Gasteiger partial charge in [-0.05, 0) is 24.3 Å². The number of nitrogen functional groups attached to an aromatic ring is 1. The van der Waals surface area contributed by atoms with E-state index in [1.54, 1.807) is 11.9 Å². The average Bonchev–Trinajstić information content (AvgIpc) is 2.51. The van der Waals surface area contributed by atoms with Crippen molar-refractivity contribution in [3.05, 3.63) is 56.5 Å². The number of carbonyl (C=O) groups is 1. The van der Waals surface area contributed by atoms with Crippen molar-refractivity contribution >= 4 is 17.3 Å². The summed E-state index contributed by atoms with van der Waals surface area (Å²) in [4.78, 5) is 37.9. The van der Waals surface area contributed by atoms with E-state index in [-0.39, 0.29) is 23.7 Å². The zero-order valence-electron chi connectivity index (χ0n) is 13.0. The summed E-state index contributed by atoms with van der Waals surface area (Å²) in [5.74, 6) is -1.08. The fourth-order valence-corrected chi connectivity index (χ4v) is 2.20.